The van der Waals surface area contributed by atoms with Crippen LogP contribution in [0.2, 0.25) is 0 Å². The van der Waals surface area contributed by atoms with Crippen LogP contribution in [0, 0.1) is 0 Å². The first-order valence-corrected chi connectivity index (χ1v) is 13.7. The van der Waals surface area contributed by atoms with E-state index in [2.05, 4.69) is 115 Å². The van der Waals surface area contributed by atoms with Crippen molar-refractivity contribution in [2.45, 2.75) is 6.92 Å². The van der Waals surface area contributed by atoms with E-state index in [0.29, 0.717) is 0 Å². The van der Waals surface area contributed by atoms with Gasteiger partial charge in [0.15, 0.2) is 0 Å². The van der Waals surface area contributed by atoms with Crippen molar-refractivity contribution >= 4 is 36.9 Å². The van der Waals surface area contributed by atoms with Crippen molar-refractivity contribution in [3.05, 3.63) is 115 Å². The molecule has 3 nitrogen and oxygen atoms in total. The van der Waals surface area contributed by atoms with Crippen LogP contribution in [0.25, 0.3) is 0 Å². The normalized spacial score (nSPS) is 10.5. The Morgan fingerprint density at radius 1 is 0.613 bits per heavy atom. The van der Waals surface area contributed by atoms with Gasteiger partial charge in [-0.05, 0) is 6.92 Å². The molecule has 0 heterocycles. The molecule has 0 amide bonds. The van der Waals surface area contributed by atoms with Crippen molar-refractivity contribution in [2.24, 2.45) is 0 Å². The summed E-state index contributed by atoms with van der Waals surface area (Å²) in [6.07, 6.45) is 0. The number of carbonyl (C=O) groups is 1. The number of carboxylic acid groups (broad SMARTS) is 1. The van der Waals surface area contributed by atoms with E-state index < -0.39 is 19.5 Å². The Kier molecular flexibility index (Phi) is 7.70. The molecule has 0 atom stereocenters. The van der Waals surface area contributed by atoms with Gasteiger partial charge in [-0.2, -0.15) is 0 Å². The Morgan fingerprint density at radius 3 is 1.19 bits per heavy atom. The molecule has 0 bridgehead atoms. The average Bonchev–Trinajstić information content (AvgIpc) is 2.82. The molecule has 0 N–H and O–H groups in total. The van der Waals surface area contributed by atoms with Gasteiger partial charge in [-0.1, -0.05) is 0 Å². The van der Waals surface area contributed by atoms with E-state index >= 15 is 0 Å². The van der Waals surface area contributed by atoms with E-state index in [0.717, 1.165) is 12.7 Å². The number of hydrogen-bond donors (Lipinski definition) is 0. The first-order chi connectivity index (χ1) is 15.1. The van der Waals surface area contributed by atoms with Crippen molar-refractivity contribution in [1.82, 2.24) is 0 Å². The van der Waals surface area contributed by atoms with Gasteiger partial charge in [-0.15, -0.1) is 0 Å². The number of rotatable bonds is 5. The van der Waals surface area contributed by atoms with E-state index in [1.807, 2.05) is 0 Å². The summed E-state index contributed by atoms with van der Waals surface area (Å²) < 4.78 is 11.0. The Bertz CT molecular complexity index is 979. The van der Waals surface area contributed by atoms with Crippen LogP contribution in [-0.4, -0.2) is 26.6 Å². The summed E-state index contributed by atoms with van der Waals surface area (Å²) >= 11 is -2.87. The van der Waals surface area contributed by atoms with Gasteiger partial charge in [0.05, 0.1) is 0 Å². The van der Waals surface area contributed by atoms with Crippen LogP contribution in [-0.2, 0) is 4.79 Å². The van der Waals surface area contributed by atoms with Crippen molar-refractivity contribution in [3.8, 4) is 5.75 Å². The zero-order chi connectivity index (χ0) is 22.1. The third kappa shape index (κ3) is 5.07. The molecule has 0 spiro atoms. The van der Waals surface area contributed by atoms with Crippen LogP contribution in [0.1, 0.15) is 6.92 Å². The molecular weight excluding hydrogens is 447 g/mol. The summed E-state index contributed by atoms with van der Waals surface area (Å²) in [6.45, 7) is 0.972. The topological polar surface area (TPSA) is 49.4 Å². The molecule has 0 radical (unpaired) electrons. The van der Waals surface area contributed by atoms with Gasteiger partial charge in [0.25, 0.3) is 0 Å². The molecule has 0 aliphatic carbocycles. The number of methoxy groups -OCH3 is 1. The molecule has 4 aromatic rings. The molecule has 0 aliphatic rings. The predicted octanol–water partition coefficient (Wildman–Crippen LogP) is 1.83. The summed E-state index contributed by atoms with van der Waals surface area (Å²) in [5.74, 6) is -0.193. The molecule has 156 valence electrons. The van der Waals surface area contributed by atoms with Crippen LogP contribution in [0.5, 0.6) is 5.75 Å². The molecule has 0 saturated carbocycles. The Morgan fingerprint density at radius 2 is 0.903 bits per heavy atom. The van der Waals surface area contributed by atoms with Crippen molar-refractivity contribution in [1.29, 1.82) is 0 Å². The molecule has 4 aromatic carbocycles. The van der Waals surface area contributed by atoms with Crippen molar-refractivity contribution in [3.63, 3.8) is 0 Å². The fourth-order valence-corrected chi connectivity index (χ4v) is 12.6. The van der Waals surface area contributed by atoms with Crippen molar-refractivity contribution in [2.75, 3.05) is 7.11 Å². The van der Waals surface area contributed by atoms with Gasteiger partial charge in [0, 0.05) is 5.97 Å². The number of ether oxygens (including phenoxy) is 1. The average molecular weight is 472 g/mol. The van der Waals surface area contributed by atoms with Crippen LogP contribution >= 0.6 is 0 Å². The van der Waals surface area contributed by atoms with Crippen LogP contribution in [0.4, 0.5) is 0 Å². The maximum absolute atomic E-state index is 8.89. The maximum atomic E-state index is 8.89. The van der Waals surface area contributed by atoms with Gasteiger partial charge in [0.1, 0.15) is 0 Å². The molecule has 0 saturated heterocycles. The number of carboxylic acids is 1. The molecule has 31 heavy (non-hydrogen) atoms. The third-order valence-electron chi connectivity index (χ3n) is 4.89. The number of benzene rings is 4. The monoisotopic (exact) mass is 472 g/mol. The zero-order valence-corrected chi connectivity index (χ0v) is 19.5. The van der Waals surface area contributed by atoms with Crippen LogP contribution in [0.15, 0.2) is 115 Å². The Labute approximate surface area is 186 Å². The summed E-state index contributed by atoms with van der Waals surface area (Å²) in [5.41, 5.74) is 0. The summed E-state index contributed by atoms with van der Waals surface area (Å²) in [4.78, 5) is 8.89. The predicted molar refractivity (Wildman–Crippen MR) is 127 cm³/mol. The number of carbonyl (C=O) groups excluding carboxylic acids is 1. The fourth-order valence-electron chi connectivity index (χ4n) is 3.66. The molecule has 0 unspecified atom stereocenters. The minimum absolute atomic E-state index is 0.890. The van der Waals surface area contributed by atoms with Crippen molar-refractivity contribution < 1.29 is 14.6 Å². The van der Waals surface area contributed by atoms with Gasteiger partial charge < -0.3 is 9.90 Å². The molecule has 0 aromatic heterocycles. The number of hydrogen-bond acceptors (Lipinski definition) is 3. The van der Waals surface area contributed by atoms with E-state index in [1.54, 1.807) is 7.11 Å². The van der Waals surface area contributed by atoms with E-state index in [-0.39, 0.29) is 0 Å². The van der Waals surface area contributed by atoms with Crippen LogP contribution < -0.4 is 27.2 Å². The molecule has 0 aliphatic heterocycles. The summed E-state index contributed by atoms with van der Waals surface area (Å²) in [5, 5.41) is 8.89. The summed E-state index contributed by atoms with van der Waals surface area (Å²) in [6, 6.07) is 41.6. The van der Waals surface area contributed by atoms with Gasteiger partial charge in [-0.25, -0.2) is 0 Å². The summed E-state index contributed by atoms with van der Waals surface area (Å²) in [7, 11) is 1.72. The second-order valence-electron chi connectivity index (χ2n) is 6.87. The van der Waals surface area contributed by atoms with Gasteiger partial charge in [0.2, 0.25) is 0 Å². The third-order valence-corrected chi connectivity index (χ3v) is 13.9. The number of aliphatic carboxylic acids is 1. The van der Waals surface area contributed by atoms with Gasteiger partial charge in [-0.3, -0.25) is 0 Å². The Balaban J connectivity index is 0.000000628. The second-order valence-corrected chi connectivity index (χ2v) is 14.0. The minimum atomic E-state index is -2.87. The first kappa shape index (κ1) is 22.4. The second kappa shape index (κ2) is 10.7. The molecular formula is C27H25AsO3. The SMILES string of the molecule is CC(=O)[O-].COc1ccc([As+](c2ccccc2)(c2ccccc2)c2ccccc2)cc1. The molecule has 0 fully saturated rings. The first-order valence-electron chi connectivity index (χ1n) is 9.97. The van der Waals surface area contributed by atoms with Crippen LogP contribution in [0.3, 0.4) is 0 Å². The quantitative estimate of drug-likeness (QED) is 0.417. The van der Waals surface area contributed by atoms with E-state index in [9.17, 15) is 0 Å². The Hall–Kier alpha value is -3.29. The van der Waals surface area contributed by atoms with E-state index in [4.69, 9.17) is 14.6 Å². The molecule has 4 heteroatoms. The standard InChI is InChI=1S/C25H22AsO.C2H4O2/c1-27-25-19-17-24(18-20-25)26(21-11-5-2-6-12-21,22-13-7-3-8-14-22)23-15-9-4-10-16-23;1-2(3)4/h2-20H,1H3;1H3,(H,3,4)/q+1;/p-1. The molecule has 4 rings (SSSR count). The van der Waals surface area contributed by atoms with Gasteiger partial charge >= 0.3 is 164 Å². The fraction of sp³-hybridized carbons (Fsp3) is 0.0741. The van der Waals surface area contributed by atoms with E-state index in [1.165, 1.54) is 17.4 Å². The zero-order valence-electron chi connectivity index (χ0n) is 17.6.